The summed E-state index contributed by atoms with van der Waals surface area (Å²) in [6.07, 6.45) is 6.75. The molecule has 13 heavy (non-hydrogen) atoms. The minimum Gasteiger partial charge on any atom is -0.396 e. The summed E-state index contributed by atoms with van der Waals surface area (Å²) in [6, 6.07) is 0. The van der Waals surface area contributed by atoms with Gasteiger partial charge in [-0.15, -0.1) is 0 Å². The molecular formula is C11H21BrO. The molecule has 0 aromatic heterocycles. The van der Waals surface area contributed by atoms with E-state index in [2.05, 4.69) is 22.9 Å². The highest BCUT2D eigenvalue weighted by Crippen LogP contribution is 2.35. The van der Waals surface area contributed by atoms with E-state index in [1.54, 1.807) is 0 Å². The van der Waals surface area contributed by atoms with Gasteiger partial charge in [0.25, 0.3) is 0 Å². The summed E-state index contributed by atoms with van der Waals surface area (Å²) in [7, 11) is 0. The Balaban J connectivity index is 2.30. The van der Waals surface area contributed by atoms with E-state index in [0.717, 1.165) is 17.2 Å². The second-order valence-corrected chi connectivity index (χ2v) is 4.93. The van der Waals surface area contributed by atoms with E-state index < -0.39 is 0 Å². The van der Waals surface area contributed by atoms with Crippen LogP contribution in [0.4, 0.5) is 0 Å². The highest BCUT2D eigenvalue weighted by Gasteiger charge is 2.25. The number of hydrogen-bond donors (Lipinski definition) is 1. The predicted molar refractivity (Wildman–Crippen MR) is 60.1 cm³/mol. The first-order chi connectivity index (χ1) is 6.31. The summed E-state index contributed by atoms with van der Waals surface area (Å²) in [5.74, 6) is 2.23. The molecule has 1 saturated carbocycles. The molecule has 0 saturated heterocycles. The van der Waals surface area contributed by atoms with Crippen molar-refractivity contribution in [1.29, 1.82) is 0 Å². The fourth-order valence-corrected chi connectivity index (χ4v) is 3.13. The van der Waals surface area contributed by atoms with Gasteiger partial charge >= 0.3 is 0 Å². The Bertz CT molecular complexity index is 126. The molecule has 0 amide bonds. The van der Waals surface area contributed by atoms with Gasteiger partial charge in [-0.25, -0.2) is 0 Å². The third-order valence-electron chi connectivity index (χ3n) is 3.57. The maximum absolute atomic E-state index is 9.17. The lowest BCUT2D eigenvalue weighted by Crippen LogP contribution is -2.25. The van der Waals surface area contributed by atoms with Gasteiger partial charge in [-0.05, 0) is 30.6 Å². The maximum Gasteiger partial charge on any atom is 0.0469 e. The van der Waals surface area contributed by atoms with E-state index in [-0.39, 0.29) is 0 Å². The first-order valence-corrected chi connectivity index (χ1v) is 6.60. The Morgan fingerprint density at radius 1 is 1.31 bits per heavy atom. The minimum atomic E-state index is 0.354. The molecule has 78 valence electrons. The van der Waals surface area contributed by atoms with Crippen LogP contribution in [-0.4, -0.2) is 17.0 Å². The van der Waals surface area contributed by atoms with Crippen molar-refractivity contribution in [2.45, 2.75) is 39.0 Å². The third-order valence-corrected chi connectivity index (χ3v) is 4.40. The molecule has 2 heteroatoms. The molecule has 1 unspecified atom stereocenters. The van der Waals surface area contributed by atoms with Gasteiger partial charge in [0.2, 0.25) is 0 Å². The smallest absolute Gasteiger partial charge is 0.0469 e. The van der Waals surface area contributed by atoms with Gasteiger partial charge in [0.15, 0.2) is 0 Å². The third kappa shape index (κ3) is 3.25. The molecule has 1 aliphatic carbocycles. The SMILES string of the molecule is CCC1CCC(C(CO)CBr)CC1. The fraction of sp³-hybridized carbons (Fsp3) is 1.00. The topological polar surface area (TPSA) is 20.2 Å². The molecule has 1 nitrogen and oxygen atoms in total. The summed E-state index contributed by atoms with van der Waals surface area (Å²) in [5, 5.41) is 10.1. The van der Waals surface area contributed by atoms with Gasteiger partial charge in [0, 0.05) is 11.9 Å². The standard InChI is InChI=1S/C11H21BrO/c1-2-9-3-5-10(6-4-9)11(7-12)8-13/h9-11,13H,2-8H2,1H3. The first-order valence-electron chi connectivity index (χ1n) is 5.48. The summed E-state index contributed by atoms with van der Waals surface area (Å²) in [6.45, 7) is 2.64. The van der Waals surface area contributed by atoms with E-state index in [4.69, 9.17) is 0 Å². The van der Waals surface area contributed by atoms with E-state index in [1.807, 2.05) is 0 Å². The van der Waals surface area contributed by atoms with Crippen molar-refractivity contribution in [2.75, 3.05) is 11.9 Å². The lowest BCUT2D eigenvalue weighted by Gasteiger charge is -2.31. The van der Waals surface area contributed by atoms with Crippen LogP contribution in [0, 0.1) is 17.8 Å². The van der Waals surface area contributed by atoms with Crippen LogP contribution >= 0.6 is 15.9 Å². The van der Waals surface area contributed by atoms with Crippen molar-refractivity contribution in [3.8, 4) is 0 Å². The molecular weight excluding hydrogens is 228 g/mol. The van der Waals surface area contributed by atoms with Gasteiger partial charge in [-0.1, -0.05) is 42.1 Å². The number of halogens is 1. The van der Waals surface area contributed by atoms with E-state index in [0.29, 0.717) is 12.5 Å². The van der Waals surface area contributed by atoms with Crippen LogP contribution in [0.15, 0.2) is 0 Å². The van der Waals surface area contributed by atoms with Crippen molar-refractivity contribution >= 4 is 15.9 Å². The van der Waals surface area contributed by atoms with Crippen molar-refractivity contribution in [3.63, 3.8) is 0 Å². The van der Waals surface area contributed by atoms with Gasteiger partial charge in [-0.2, -0.15) is 0 Å². The molecule has 1 atom stereocenters. The van der Waals surface area contributed by atoms with E-state index in [9.17, 15) is 5.11 Å². The molecule has 1 aliphatic rings. The Labute approximate surface area is 90.0 Å². The molecule has 0 aromatic rings. The zero-order valence-electron chi connectivity index (χ0n) is 8.51. The second-order valence-electron chi connectivity index (χ2n) is 4.29. The Morgan fingerprint density at radius 3 is 2.31 bits per heavy atom. The zero-order valence-corrected chi connectivity index (χ0v) is 10.1. The number of aliphatic hydroxyl groups is 1. The van der Waals surface area contributed by atoms with Crippen molar-refractivity contribution in [3.05, 3.63) is 0 Å². The van der Waals surface area contributed by atoms with Crippen molar-refractivity contribution in [1.82, 2.24) is 0 Å². The molecule has 0 aromatic carbocycles. The highest BCUT2D eigenvalue weighted by atomic mass is 79.9. The zero-order chi connectivity index (χ0) is 9.68. The Kier molecular flexibility index (Phi) is 5.34. The molecule has 1 rings (SSSR count). The minimum absolute atomic E-state index is 0.354. The van der Waals surface area contributed by atoms with Gasteiger partial charge in [0.1, 0.15) is 0 Å². The van der Waals surface area contributed by atoms with Crippen LogP contribution in [-0.2, 0) is 0 Å². The molecule has 0 radical (unpaired) electrons. The second kappa shape index (κ2) is 6.02. The predicted octanol–water partition coefficient (Wildman–Crippen LogP) is 3.21. The molecule has 0 aliphatic heterocycles. The average molecular weight is 249 g/mol. The fourth-order valence-electron chi connectivity index (χ4n) is 2.39. The van der Waals surface area contributed by atoms with Gasteiger partial charge in [-0.3, -0.25) is 0 Å². The number of aliphatic hydroxyl groups excluding tert-OH is 1. The normalized spacial score (nSPS) is 31.6. The molecule has 0 bridgehead atoms. The van der Waals surface area contributed by atoms with Crippen LogP contribution in [0.25, 0.3) is 0 Å². The van der Waals surface area contributed by atoms with Gasteiger partial charge < -0.3 is 5.11 Å². The lowest BCUT2D eigenvalue weighted by atomic mass is 9.76. The average Bonchev–Trinajstić information content (AvgIpc) is 2.21. The lowest BCUT2D eigenvalue weighted by molar-refractivity contribution is 0.146. The Morgan fingerprint density at radius 2 is 1.92 bits per heavy atom. The molecule has 1 fully saturated rings. The summed E-state index contributed by atoms with van der Waals surface area (Å²) < 4.78 is 0. The van der Waals surface area contributed by atoms with Gasteiger partial charge in [0.05, 0.1) is 0 Å². The van der Waals surface area contributed by atoms with Crippen LogP contribution in [0.2, 0.25) is 0 Å². The van der Waals surface area contributed by atoms with Crippen LogP contribution in [0.3, 0.4) is 0 Å². The van der Waals surface area contributed by atoms with E-state index >= 15 is 0 Å². The monoisotopic (exact) mass is 248 g/mol. The van der Waals surface area contributed by atoms with Crippen molar-refractivity contribution < 1.29 is 5.11 Å². The number of alkyl halides is 1. The summed E-state index contributed by atoms with van der Waals surface area (Å²) in [4.78, 5) is 0. The van der Waals surface area contributed by atoms with Crippen LogP contribution < -0.4 is 0 Å². The number of hydrogen-bond acceptors (Lipinski definition) is 1. The molecule has 1 N–H and O–H groups in total. The molecule has 0 heterocycles. The van der Waals surface area contributed by atoms with Crippen molar-refractivity contribution in [2.24, 2.45) is 17.8 Å². The Hall–Kier alpha value is 0.440. The van der Waals surface area contributed by atoms with E-state index in [1.165, 1.54) is 32.1 Å². The maximum atomic E-state index is 9.17. The summed E-state index contributed by atoms with van der Waals surface area (Å²) >= 11 is 3.48. The van der Waals surface area contributed by atoms with Crippen LogP contribution in [0.1, 0.15) is 39.0 Å². The summed E-state index contributed by atoms with van der Waals surface area (Å²) in [5.41, 5.74) is 0. The largest absolute Gasteiger partial charge is 0.396 e. The molecule has 0 spiro atoms. The highest BCUT2D eigenvalue weighted by molar-refractivity contribution is 9.09. The first kappa shape index (κ1) is 11.5. The quantitative estimate of drug-likeness (QED) is 0.758. The van der Waals surface area contributed by atoms with Crippen LogP contribution in [0.5, 0.6) is 0 Å². The number of rotatable bonds is 4.